The van der Waals surface area contributed by atoms with Crippen LogP contribution >= 0.6 is 0 Å². The lowest BCUT2D eigenvalue weighted by molar-refractivity contribution is -0.0383. The zero-order valence-electron chi connectivity index (χ0n) is 8.59. The molecule has 3 nitrogen and oxygen atoms in total. The first-order valence-electron chi connectivity index (χ1n) is 4.42. The molecule has 0 aromatic heterocycles. The molecule has 0 aliphatic carbocycles. The van der Waals surface area contributed by atoms with Crippen molar-refractivity contribution in [2.24, 2.45) is 5.73 Å². The number of hydrogen-bond donors (Lipinski definition) is 1. The molecule has 0 heterocycles. The monoisotopic (exact) mass is 175 g/mol. The summed E-state index contributed by atoms with van der Waals surface area (Å²) in [5.41, 5.74) is 5.40. The summed E-state index contributed by atoms with van der Waals surface area (Å²) in [4.78, 5) is 0. The van der Waals surface area contributed by atoms with E-state index >= 15 is 0 Å². The van der Waals surface area contributed by atoms with Crippen LogP contribution in [-0.4, -0.2) is 32.0 Å². The van der Waals surface area contributed by atoms with Gasteiger partial charge in [-0.15, -0.1) is 0 Å². The molecule has 0 saturated carbocycles. The van der Waals surface area contributed by atoms with Crippen molar-refractivity contribution in [1.82, 2.24) is 0 Å². The van der Waals surface area contributed by atoms with Gasteiger partial charge in [0.15, 0.2) is 0 Å². The van der Waals surface area contributed by atoms with Gasteiger partial charge in [-0.05, 0) is 20.8 Å². The van der Waals surface area contributed by atoms with Gasteiger partial charge < -0.3 is 15.2 Å². The zero-order valence-corrected chi connectivity index (χ0v) is 8.59. The van der Waals surface area contributed by atoms with Gasteiger partial charge in [-0.25, -0.2) is 0 Å². The Kier molecular flexibility index (Phi) is 5.46. The van der Waals surface area contributed by atoms with Crippen LogP contribution in [0.2, 0.25) is 0 Å². The molecule has 12 heavy (non-hydrogen) atoms. The van der Waals surface area contributed by atoms with E-state index in [1.807, 2.05) is 20.8 Å². The minimum Gasteiger partial charge on any atom is -0.379 e. The maximum atomic E-state index is 5.54. The van der Waals surface area contributed by atoms with Gasteiger partial charge in [0.2, 0.25) is 0 Å². The predicted octanol–water partition coefficient (Wildman–Crippen LogP) is 1.17. The second kappa shape index (κ2) is 5.51. The van der Waals surface area contributed by atoms with Gasteiger partial charge >= 0.3 is 0 Å². The third kappa shape index (κ3) is 4.70. The SMILES string of the molecule is CCOC(CN)CC(C)(C)OC. The summed E-state index contributed by atoms with van der Waals surface area (Å²) >= 11 is 0. The Bertz CT molecular complexity index is 115. The van der Waals surface area contributed by atoms with Crippen LogP contribution in [-0.2, 0) is 9.47 Å². The minimum absolute atomic E-state index is 0.116. The van der Waals surface area contributed by atoms with Crippen LogP contribution in [0, 0.1) is 0 Å². The standard InChI is InChI=1S/C9H21NO2/c1-5-12-8(7-10)6-9(2,3)11-4/h8H,5-7,10H2,1-4H3. The molecule has 2 N–H and O–H groups in total. The van der Waals surface area contributed by atoms with E-state index in [0.29, 0.717) is 13.2 Å². The molecule has 1 unspecified atom stereocenters. The lowest BCUT2D eigenvalue weighted by atomic mass is 10.0. The second-order valence-corrected chi connectivity index (χ2v) is 3.48. The molecule has 0 aliphatic heterocycles. The van der Waals surface area contributed by atoms with Crippen molar-refractivity contribution >= 4 is 0 Å². The van der Waals surface area contributed by atoms with Gasteiger partial charge in [0, 0.05) is 26.7 Å². The van der Waals surface area contributed by atoms with E-state index in [9.17, 15) is 0 Å². The Morgan fingerprint density at radius 1 is 1.42 bits per heavy atom. The highest BCUT2D eigenvalue weighted by molar-refractivity contribution is 4.74. The fourth-order valence-electron chi connectivity index (χ4n) is 1.08. The number of rotatable bonds is 6. The molecular formula is C9H21NO2. The average Bonchev–Trinajstić information content (AvgIpc) is 2.03. The number of nitrogens with two attached hydrogens (primary N) is 1. The molecular weight excluding hydrogens is 154 g/mol. The summed E-state index contributed by atoms with van der Waals surface area (Å²) in [6.45, 7) is 7.31. The molecule has 0 aliphatic rings. The second-order valence-electron chi connectivity index (χ2n) is 3.48. The van der Waals surface area contributed by atoms with Crippen molar-refractivity contribution in [3.63, 3.8) is 0 Å². The molecule has 3 heteroatoms. The van der Waals surface area contributed by atoms with Crippen molar-refractivity contribution < 1.29 is 9.47 Å². The molecule has 0 radical (unpaired) electrons. The van der Waals surface area contributed by atoms with E-state index in [1.54, 1.807) is 7.11 Å². The van der Waals surface area contributed by atoms with E-state index in [-0.39, 0.29) is 11.7 Å². The molecule has 0 aromatic carbocycles. The predicted molar refractivity (Wildman–Crippen MR) is 50.2 cm³/mol. The van der Waals surface area contributed by atoms with Gasteiger partial charge in [0.25, 0.3) is 0 Å². The van der Waals surface area contributed by atoms with Gasteiger partial charge in [-0.2, -0.15) is 0 Å². The Morgan fingerprint density at radius 3 is 2.33 bits per heavy atom. The largest absolute Gasteiger partial charge is 0.379 e. The van der Waals surface area contributed by atoms with Crippen molar-refractivity contribution in [2.45, 2.75) is 38.9 Å². The quantitative estimate of drug-likeness (QED) is 0.659. The van der Waals surface area contributed by atoms with Crippen LogP contribution in [0.3, 0.4) is 0 Å². The Labute approximate surface area is 75.2 Å². The fourth-order valence-corrected chi connectivity index (χ4v) is 1.08. The van der Waals surface area contributed by atoms with Crippen LogP contribution in [0.5, 0.6) is 0 Å². The average molecular weight is 175 g/mol. The first-order chi connectivity index (χ1) is 5.55. The van der Waals surface area contributed by atoms with Crippen LogP contribution < -0.4 is 5.73 Å². The summed E-state index contributed by atoms with van der Waals surface area (Å²) in [6.07, 6.45) is 0.957. The molecule has 0 aromatic rings. The van der Waals surface area contributed by atoms with Crippen molar-refractivity contribution in [3.8, 4) is 0 Å². The molecule has 0 saturated heterocycles. The molecule has 0 amide bonds. The lowest BCUT2D eigenvalue weighted by Gasteiger charge is -2.27. The highest BCUT2D eigenvalue weighted by Crippen LogP contribution is 2.16. The zero-order chi connectivity index (χ0) is 9.61. The van der Waals surface area contributed by atoms with Crippen molar-refractivity contribution in [3.05, 3.63) is 0 Å². The van der Waals surface area contributed by atoms with Crippen LogP contribution in [0.15, 0.2) is 0 Å². The van der Waals surface area contributed by atoms with E-state index in [2.05, 4.69) is 0 Å². The van der Waals surface area contributed by atoms with E-state index in [1.165, 1.54) is 0 Å². The molecule has 0 spiro atoms. The smallest absolute Gasteiger partial charge is 0.0724 e. The Balaban J connectivity index is 3.83. The topological polar surface area (TPSA) is 44.5 Å². The maximum Gasteiger partial charge on any atom is 0.0724 e. The fraction of sp³-hybridized carbons (Fsp3) is 1.00. The van der Waals surface area contributed by atoms with Crippen molar-refractivity contribution in [1.29, 1.82) is 0 Å². The van der Waals surface area contributed by atoms with E-state index < -0.39 is 0 Å². The van der Waals surface area contributed by atoms with Crippen LogP contribution in [0.25, 0.3) is 0 Å². The third-order valence-corrected chi connectivity index (χ3v) is 1.94. The van der Waals surface area contributed by atoms with Gasteiger partial charge in [0.05, 0.1) is 11.7 Å². The highest BCUT2D eigenvalue weighted by atomic mass is 16.5. The molecule has 1 atom stereocenters. The van der Waals surface area contributed by atoms with Gasteiger partial charge in [-0.3, -0.25) is 0 Å². The first kappa shape index (κ1) is 11.9. The van der Waals surface area contributed by atoms with Crippen LogP contribution in [0.4, 0.5) is 0 Å². The summed E-state index contributed by atoms with van der Waals surface area (Å²) in [7, 11) is 1.71. The molecule has 0 rings (SSSR count). The maximum absolute atomic E-state index is 5.54. The third-order valence-electron chi connectivity index (χ3n) is 1.94. The molecule has 0 bridgehead atoms. The number of hydrogen-bond acceptors (Lipinski definition) is 3. The normalized spacial score (nSPS) is 14.8. The molecule has 74 valence electrons. The van der Waals surface area contributed by atoms with Crippen molar-refractivity contribution in [2.75, 3.05) is 20.3 Å². The summed E-state index contributed by atoms with van der Waals surface area (Å²) in [6, 6.07) is 0. The van der Waals surface area contributed by atoms with Crippen LogP contribution in [0.1, 0.15) is 27.2 Å². The summed E-state index contributed by atoms with van der Waals surface area (Å²) in [5.74, 6) is 0. The minimum atomic E-state index is -0.140. The van der Waals surface area contributed by atoms with Gasteiger partial charge in [0.1, 0.15) is 0 Å². The number of methoxy groups -OCH3 is 1. The Hall–Kier alpha value is -0.120. The number of ether oxygens (including phenoxy) is 2. The summed E-state index contributed by atoms with van der Waals surface area (Å²) < 4.78 is 10.7. The molecule has 0 fully saturated rings. The van der Waals surface area contributed by atoms with E-state index in [4.69, 9.17) is 15.2 Å². The Morgan fingerprint density at radius 2 is 2.00 bits per heavy atom. The summed E-state index contributed by atoms with van der Waals surface area (Å²) in [5, 5.41) is 0. The van der Waals surface area contributed by atoms with E-state index in [0.717, 1.165) is 6.42 Å². The van der Waals surface area contributed by atoms with Gasteiger partial charge in [-0.1, -0.05) is 0 Å². The highest BCUT2D eigenvalue weighted by Gasteiger charge is 2.21. The lowest BCUT2D eigenvalue weighted by Crippen LogP contribution is -2.34. The first-order valence-corrected chi connectivity index (χ1v) is 4.42.